The Bertz CT molecular complexity index is 929. The Balaban J connectivity index is 1.70. The summed E-state index contributed by atoms with van der Waals surface area (Å²) in [7, 11) is 0. The average molecular weight is 366 g/mol. The van der Waals surface area contributed by atoms with Crippen LogP contribution < -0.4 is 0 Å². The molecule has 0 saturated carbocycles. The number of carbonyl (C=O) groups is 2. The van der Waals surface area contributed by atoms with E-state index in [0.29, 0.717) is 11.3 Å². The van der Waals surface area contributed by atoms with Gasteiger partial charge < -0.3 is 5.11 Å². The number of carboxylic acid groups (broad SMARTS) is 1. The van der Waals surface area contributed by atoms with E-state index in [1.165, 1.54) is 15.9 Å². The lowest BCUT2D eigenvalue weighted by molar-refractivity contribution is 0.0702. The minimum absolute atomic E-state index is 0.00321. The molecule has 25 heavy (non-hydrogen) atoms. The maximum atomic E-state index is 12.8. The highest BCUT2D eigenvalue weighted by Crippen LogP contribution is 2.47. The van der Waals surface area contributed by atoms with Gasteiger partial charge in [0.25, 0.3) is 0 Å². The largest absolute Gasteiger partial charge is 0.477 e. The van der Waals surface area contributed by atoms with Crippen molar-refractivity contribution >= 4 is 34.9 Å². The number of carbonyl (C=O) groups excluding carboxylic acids is 1. The van der Waals surface area contributed by atoms with Gasteiger partial charge in [0.2, 0.25) is 0 Å². The third-order valence-corrected chi connectivity index (χ3v) is 6.59. The molecule has 5 heteroatoms. The molecule has 0 spiro atoms. The number of aromatic carboxylic acids is 1. The van der Waals surface area contributed by atoms with E-state index in [9.17, 15) is 9.59 Å². The van der Waals surface area contributed by atoms with Crippen molar-refractivity contribution < 1.29 is 14.7 Å². The van der Waals surface area contributed by atoms with Gasteiger partial charge in [-0.3, -0.25) is 4.79 Å². The van der Waals surface area contributed by atoms with Gasteiger partial charge in [-0.2, -0.15) is 0 Å². The van der Waals surface area contributed by atoms with Crippen molar-refractivity contribution in [3.05, 3.63) is 81.5 Å². The summed E-state index contributed by atoms with van der Waals surface area (Å²) in [6.07, 6.45) is 0.341. The first kappa shape index (κ1) is 16.1. The predicted octanol–water partition coefficient (Wildman–Crippen LogP) is 5.32. The normalized spacial score (nSPS) is 13.1. The molecule has 0 saturated heterocycles. The lowest BCUT2D eigenvalue weighted by Crippen LogP contribution is -2.12. The van der Waals surface area contributed by atoms with Crippen LogP contribution in [-0.2, 0) is 0 Å². The van der Waals surface area contributed by atoms with Gasteiger partial charge in [0.15, 0.2) is 5.78 Å². The molecule has 0 aliphatic carbocycles. The number of fused-ring (bicyclic) bond motifs is 2. The summed E-state index contributed by atoms with van der Waals surface area (Å²) >= 11 is 2.78. The van der Waals surface area contributed by atoms with E-state index in [4.69, 9.17) is 5.11 Å². The number of rotatable bonds is 4. The van der Waals surface area contributed by atoms with Crippen molar-refractivity contribution in [1.82, 2.24) is 0 Å². The van der Waals surface area contributed by atoms with Crippen molar-refractivity contribution in [2.75, 3.05) is 0 Å². The Morgan fingerprint density at radius 3 is 1.96 bits per heavy atom. The number of carboxylic acids is 1. The fourth-order valence-electron chi connectivity index (χ4n) is 3.12. The van der Waals surface area contributed by atoms with Crippen LogP contribution in [0.25, 0.3) is 0 Å². The van der Waals surface area contributed by atoms with Crippen molar-refractivity contribution in [3.63, 3.8) is 0 Å². The van der Waals surface area contributed by atoms with Gasteiger partial charge in [-0.1, -0.05) is 48.2 Å². The zero-order valence-electron chi connectivity index (χ0n) is 13.1. The molecule has 0 unspecified atom stereocenters. The number of Topliss-reactive ketones (excluding diaryl/α,β-unsaturated/α-hetero) is 1. The smallest absolute Gasteiger partial charge is 0.345 e. The second-order valence-corrected chi connectivity index (χ2v) is 7.99. The zero-order valence-corrected chi connectivity index (χ0v) is 14.8. The van der Waals surface area contributed by atoms with E-state index in [2.05, 4.69) is 24.3 Å². The van der Waals surface area contributed by atoms with Crippen molar-refractivity contribution in [3.8, 4) is 0 Å². The molecule has 0 bridgehead atoms. The highest BCUT2D eigenvalue weighted by molar-refractivity contribution is 7.99. The lowest BCUT2D eigenvalue weighted by atomic mass is 9.86. The fourth-order valence-corrected chi connectivity index (χ4v) is 5.10. The molecule has 124 valence electrons. The Morgan fingerprint density at radius 2 is 1.40 bits per heavy atom. The van der Waals surface area contributed by atoms with Gasteiger partial charge in [0.1, 0.15) is 4.88 Å². The first-order chi connectivity index (χ1) is 12.1. The molecule has 0 fully saturated rings. The molecule has 4 rings (SSSR count). The molecule has 0 amide bonds. The molecule has 2 heterocycles. The van der Waals surface area contributed by atoms with Crippen LogP contribution in [0.2, 0.25) is 0 Å². The Hall–Kier alpha value is -2.37. The Morgan fingerprint density at radius 1 is 0.840 bits per heavy atom. The number of hydrogen-bond acceptors (Lipinski definition) is 4. The molecule has 3 aromatic rings. The van der Waals surface area contributed by atoms with Crippen LogP contribution in [0, 0.1) is 0 Å². The van der Waals surface area contributed by atoms with Crippen LogP contribution in [-0.4, -0.2) is 16.9 Å². The van der Waals surface area contributed by atoms with Crippen LogP contribution in [0.5, 0.6) is 0 Å². The highest BCUT2D eigenvalue weighted by Gasteiger charge is 2.28. The summed E-state index contributed by atoms with van der Waals surface area (Å²) in [5.74, 6) is -1.01. The maximum absolute atomic E-state index is 12.8. The van der Waals surface area contributed by atoms with Gasteiger partial charge in [0, 0.05) is 22.1 Å². The molecule has 1 aliphatic heterocycles. The van der Waals surface area contributed by atoms with Crippen LogP contribution in [0.4, 0.5) is 0 Å². The summed E-state index contributed by atoms with van der Waals surface area (Å²) in [5, 5.41) is 9.06. The first-order valence-electron chi connectivity index (χ1n) is 7.85. The number of hydrogen-bond donors (Lipinski definition) is 1. The van der Waals surface area contributed by atoms with Gasteiger partial charge in [-0.05, 0) is 35.4 Å². The lowest BCUT2D eigenvalue weighted by Gasteiger charge is -2.27. The van der Waals surface area contributed by atoms with Crippen molar-refractivity contribution in [1.29, 1.82) is 0 Å². The van der Waals surface area contributed by atoms with Crippen LogP contribution in [0.15, 0.2) is 70.5 Å². The third kappa shape index (κ3) is 3.01. The topological polar surface area (TPSA) is 54.4 Å². The minimum Gasteiger partial charge on any atom is -0.477 e. The molecule has 0 radical (unpaired) electrons. The third-order valence-electron chi connectivity index (χ3n) is 4.29. The number of ketones is 1. The molecule has 3 nitrogen and oxygen atoms in total. The van der Waals surface area contributed by atoms with E-state index in [-0.39, 0.29) is 16.6 Å². The van der Waals surface area contributed by atoms with Gasteiger partial charge in [0.05, 0.1) is 4.88 Å². The summed E-state index contributed by atoms with van der Waals surface area (Å²) in [4.78, 5) is 26.9. The SMILES string of the molecule is O=C(O)c1ccc(C(=O)CC2c3ccccc3Sc3ccccc32)s1. The molecule has 1 N–H and O–H groups in total. The maximum Gasteiger partial charge on any atom is 0.345 e. The zero-order chi connectivity index (χ0) is 17.4. The monoisotopic (exact) mass is 366 g/mol. The molecular weight excluding hydrogens is 352 g/mol. The molecule has 1 aromatic heterocycles. The molecule has 2 aromatic carbocycles. The van der Waals surface area contributed by atoms with Crippen LogP contribution in [0.1, 0.15) is 42.8 Å². The number of benzene rings is 2. The summed E-state index contributed by atoms with van der Waals surface area (Å²) in [5.41, 5.74) is 2.32. The van der Waals surface area contributed by atoms with E-state index >= 15 is 0 Å². The standard InChI is InChI=1S/C20H14O3S2/c21-15(18-9-10-19(25-18)20(22)23)11-14-12-5-1-3-7-16(12)24-17-8-4-2-6-13(14)17/h1-10,14H,11H2,(H,22,23). The molecule has 0 atom stereocenters. The first-order valence-corrected chi connectivity index (χ1v) is 9.49. The van der Waals surface area contributed by atoms with Crippen LogP contribution in [0.3, 0.4) is 0 Å². The fraction of sp³-hybridized carbons (Fsp3) is 0.100. The number of thiophene rings is 1. The van der Waals surface area contributed by atoms with E-state index in [0.717, 1.165) is 22.5 Å². The predicted molar refractivity (Wildman–Crippen MR) is 99.1 cm³/mol. The minimum atomic E-state index is -0.992. The average Bonchev–Trinajstić information content (AvgIpc) is 3.12. The van der Waals surface area contributed by atoms with Crippen LogP contribution >= 0.6 is 23.1 Å². The van der Waals surface area contributed by atoms with Gasteiger partial charge >= 0.3 is 5.97 Å². The van der Waals surface area contributed by atoms with E-state index < -0.39 is 5.97 Å². The molecule has 1 aliphatic rings. The Labute approximate surface area is 153 Å². The van der Waals surface area contributed by atoms with E-state index in [1.54, 1.807) is 17.8 Å². The second-order valence-electron chi connectivity index (χ2n) is 5.83. The highest BCUT2D eigenvalue weighted by atomic mass is 32.2. The molecular formula is C20H14O3S2. The summed E-state index contributed by atoms with van der Waals surface area (Å²) in [6.45, 7) is 0. The summed E-state index contributed by atoms with van der Waals surface area (Å²) in [6, 6.07) is 19.5. The van der Waals surface area contributed by atoms with Gasteiger partial charge in [-0.15, -0.1) is 11.3 Å². The quantitative estimate of drug-likeness (QED) is 0.635. The summed E-state index contributed by atoms with van der Waals surface area (Å²) < 4.78 is 0. The van der Waals surface area contributed by atoms with Gasteiger partial charge in [-0.25, -0.2) is 4.79 Å². The van der Waals surface area contributed by atoms with Crippen molar-refractivity contribution in [2.24, 2.45) is 0 Å². The second kappa shape index (κ2) is 6.50. The van der Waals surface area contributed by atoms with E-state index in [1.807, 2.05) is 24.3 Å². The Kier molecular flexibility index (Phi) is 4.19. The van der Waals surface area contributed by atoms with Crippen molar-refractivity contribution in [2.45, 2.75) is 22.1 Å².